The Balaban J connectivity index is 3.31. The van der Waals surface area contributed by atoms with Crippen LogP contribution in [0.4, 0.5) is 13.2 Å². The predicted octanol–water partition coefficient (Wildman–Crippen LogP) is 2.21. The lowest BCUT2D eigenvalue weighted by Crippen LogP contribution is -2.11. The summed E-state index contributed by atoms with van der Waals surface area (Å²) in [6.07, 6.45) is -2.45. The molecule has 0 radical (unpaired) electrons. The molecule has 1 rings (SSSR count). The molecule has 1 heterocycles. The molecule has 90 valence electrons. The molecule has 0 saturated carbocycles. The number of hydrogen-bond acceptors (Lipinski definition) is 4. The van der Waals surface area contributed by atoms with Gasteiger partial charge in [-0.05, 0) is 6.92 Å². The van der Waals surface area contributed by atoms with Crippen LogP contribution in [-0.2, 0) is 4.74 Å². The van der Waals surface area contributed by atoms with Gasteiger partial charge >= 0.3 is 5.97 Å². The molecular weight excluding hydrogens is 237 g/mol. The molecular formula is C10H7F3N2O2. The Morgan fingerprint density at radius 1 is 1.65 bits per heavy atom. The number of alkyl halides is 2. The number of nitrogens with zero attached hydrogens (tertiary/aromatic N) is 2. The molecule has 0 aliphatic rings. The molecule has 0 fully saturated rings. The second kappa shape index (κ2) is 5.30. The van der Waals surface area contributed by atoms with Gasteiger partial charge < -0.3 is 4.74 Å². The topological polar surface area (TPSA) is 63.0 Å². The molecule has 0 N–H and O–H groups in total. The summed E-state index contributed by atoms with van der Waals surface area (Å²) in [5.41, 5.74) is -2.56. The lowest BCUT2D eigenvalue weighted by Gasteiger charge is -2.06. The van der Waals surface area contributed by atoms with Gasteiger partial charge in [0.1, 0.15) is 22.9 Å². The second-order valence-corrected chi connectivity index (χ2v) is 2.88. The van der Waals surface area contributed by atoms with Gasteiger partial charge in [0.05, 0.1) is 6.61 Å². The van der Waals surface area contributed by atoms with Crippen LogP contribution in [0.25, 0.3) is 0 Å². The third kappa shape index (κ3) is 2.53. The van der Waals surface area contributed by atoms with Crippen LogP contribution in [0.1, 0.15) is 35.0 Å². The third-order valence-corrected chi connectivity index (χ3v) is 1.86. The zero-order valence-electron chi connectivity index (χ0n) is 8.71. The molecule has 1 aromatic rings. The van der Waals surface area contributed by atoms with Crippen molar-refractivity contribution in [2.45, 2.75) is 13.3 Å². The van der Waals surface area contributed by atoms with Gasteiger partial charge in [0.2, 0.25) is 0 Å². The first kappa shape index (κ1) is 13.0. The van der Waals surface area contributed by atoms with Crippen LogP contribution in [0.15, 0.2) is 6.20 Å². The Morgan fingerprint density at radius 2 is 2.29 bits per heavy atom. The average Bonchev–Trinajstić information content (AvgIpc) is 2.28. The molecule has 0 aromatic carbocycles. The fraction of sp³-hybridized carbons (Fsp3) is 0.300. The van der Waals surface area contributed by atoms with Gasteiger partial charge in [0, 0.05) is 6.20 Å². The van der Waals surface area contributed by atoms with Crippen LogP contribution in [0.5, 0.6) is 0 Å². The van der Waals surface area contributed by atoms with E-state index < -0.39 is 35.0 Å². The van der Waals surface area contributed by atoms with Crippen LogP contribution in [0.3, 0.4) is 0 Å². The summed E-state index contributed by atoms with van der Waals surface area (Å²) in [5.74, 6) is -2.38. The van der Waals surface area contributed by atoms with Crippen molar-refractivity contribution in [2.24, 2.45) is 0 Å². The minimum atomic E-state index is -3.09. The van der Waals surface area contributed by atoms with Crippen molar-refractivity contribution in [1.82, 2.24) is 4.98 Å². The quantitative estimate of drug-likeness (QED) is 0.764. The lowest BCUT2D eigenvalue weighted by atomic mass is 10.1. The van der Waals surface area contributed by atoms with E-state index >= 15 is 0 Å². The van der Waals surface area contributed by atoms with Crippen molar-refractivity contribution >= 4 is 5.97 Å². The van der Waals surface area contributed by atoms with Crippen LogP contribution in [0, 0.1) is 17.1 Å². The maximum absolute atomic E-state index is 13.6. The normalized spacial score (nSPS) is 10.1. The molecule has 4 nitrogen and oxygen atoms in total. The molecule has 0 atom stereocenters. The highest BCUT2D eigenvalue weighted by molar-refractivity contribution is 5.89. The van der Waals surface area contributed by atoms with Crippen LogP contribution >= 0.6 is 0 Å². The largest absolute Gasteiger partial charge is 0.462 e. The fourth-order valence-electron chi connectivity index (χ4n) is 1.13. The number of nitriles is 1. The number of carbonyl (C=O) groups is 1. The fourth-order valence-corrected chi connectivity index (χ4v) is 1.13. The standard InChI is InChI=1S/C10H7F3N2O2/c1-2-17-10(16)6-4-15-8(9(12)13)5(3-14)7(6)11/h4,9H,2H2,1H3. The molecule has 0 amide bonds. The summed E-state index contributed by atoms with van der Waals surface area (Å²) in [7, 11) is 0. The van der Waals surface area contributed by atoms with E-state index in [1.165, 1.54) is 13.0 Å². The minimum Gasteiger partial charge on any atom is -0.462 e. The van der Waals surface area contributed by atoms with E-state index in [2.05, 4.69) is 9.72 Å². The van der Waals surface area contributed by atoms with Crippen molar-refractivity contribution in [3.63, 3.8) is 0 Å². The number of aromatic nitrogens is 1. The van der Waals surface area contributed by atoms with E-state index in [0.29, 0.717) is 6.20 Å². The third-order valence-electron chi connectivity index (χ3n) is 1.86. The maximum atomic E-state index is 13.6. The molecule has 0 bridgehead atoms. The van der Waals surface area contributed by atoms with Gasteiger partial charge in [-0.2, -0.15) is 5.26 Å². The summed E-state index contributed by atoms with van der Waals surface area (Å²) in [6.45, 7) is 1.50. The van der Waals surface area contributed by atoms with Crippen molar-refractivity contribution in [3.8, 4) is 6.07 Å². The highest BCUT2D eigenvalue weighted by Crippen LogP contribution is 2.24. The van der Waals surface area contributed by atoms with Crippen molar-refractivity contribution in [1.29, 1.82) is 5.26 Å². The first-order valence-electron chi connectivity index (χ1n) is 4.56. The first-order valence-corrected chi connectivity index (χ1v) is 4.56. The molecule has 0 spiro atoms. The van der Waals surface area contributed by atoms with E-state index in [-0.39, 0.29) is 6.61 Å². The molecule has 0 unspecified atom stereocenters. The van der Waals surface area contributed by atoms with Gasteiger partial charge in [0.25, 0.3) is 6.43 Å². The summed E-state index contributed by atoms with van der Waals surface area (Å²) in [5, 5.41) is 8.57. The summed E-state index contributed by atoms with van der Waals surface area (Å²) < 4.78 is 42.8. The van der Waals surface area contributed by atoms with Crippen molar-refractivity contribution < 1.29 is 22.7 Å². The predicted molar refractivity (Wildman–Crippen MR) is 49.8 cm³/mol. The Morgan fingerprint density at radius 3 is 2.76 bits per heavy atom. The van der Waals surface area contributed by atoms with Gasteiger partial charge in [-0.25, -0.2) is 18.0 Å². The zero-order valence-corrected chi connectivity index (χ0v) is 8.71. The Hall–Kier alpha value is -2.10. The highest BCUT2D eigenvalue weighted by atomic mass is 19.3. The number of rotatable bonds is 3. The number of ether oxygens (including phenoxy) is 1. The van der Waals surface area contributed by atoms with Gasteiger partial charge in [0.15, 0.2) is 5.82 Å². The zero-order chi connectivity index (χ0) is 13.0. The number of halogens is 3. The van der Waals surface area contributed by atoms with Gasteiger partial charge in [-0.15, -0.1) is 0 Å². The van der Waals surface area contributed by atoms with Crippen LogP contribution in [-0.4, -0.2) is 17.6 Å². The minimum absolute atomic E-state index is 0.00322. The number of pyridine rings is 1. The molecule has 0 aliphatic carbocycles. The first-order chi connectivity index (χ1) is 8.02. The highest BCUT2D eigenvalue weighted by Gasteiger charge is 2.24. The number of carbonyl (C=O) groups excluding carboxylic acids is 1. The molecule has 1 aromatic heterocycles. The maximum Gasteiger partial charge on any atom is 0.342 e. The van der Waals surface area contributed by atoms with Crippen molar-refractivity contribution in [3.05, 3.63) is 28.8 Å². The number of esters is 1. The molecule has 7 heteroatoms. The Kier molecular flexibility index (Phi) is 4.04. The van der Waals surface area contributed by atoms with Crippen LogP contribution < -0.4 is 0 Å². The summed E-state index contributed by atoms with van der Waals surface area (Å²) in [4.78, 5) is 14.4. The summed E-state index contributed by atoms with van der Waals surface area (Å²) >= 11 is 0. The Bertz CT molecular complexity index is 483. The Labute approximate surface area is 94.6 Å². The molecule has 17 heavy (non-hydrogen) atoms. The molecule has 0 saturated heterocycles. The van der Waals surface area contributed by atoms with E-state index in [1.54, 1.807) is 0 Å². The lowest BCUT2D eigenvalue weighted by molar-refractivity contribution is 0.0519. The monoisotopic (exact) mass is 244 g/mol. The van der Waals surface area contributed by atoms with Gasteiger partial charge in [-0.1, -0.05) is 0 Å². The summed E-state index contributed by atoms with van der Waals surface area (Å²) in [6, 6.07) is 1.26. The van der Waals surface area contributed by atoms with Crippen LogP contribution in [0.2, 0.25) is 0 Å². The SMILES string of the molecule is CCOC(=O)c1cnc(C(F)F)c(C#N)c1F. The van der Waals surface area contributed by atoms with Gasteiger partial charge in [-0.3, -0.25) is 4.98 Å². The number of hydrogen-bond donors (Lipinski definition) is 0. The van der Waals surface area contributed by atoms with E-state index in [0.717, 1.165) is 0 Å². The second-order valence-electron chi connectivity index (χ2n) is 2.88. The van der Waals surface area contributed by atoms with Crippen molar-refractivity contribution in [2.75, 3.05) is 6.61 Å². The smallest absolute Gasteiger partial charge is 0.342 e. The van der Waals surface area contributed by atoms with E-state index in [1.807, 2.05) is 0 Å². The molecule has 0 aliphatic heterocycles. The van der Waals surface area contributed by atoms with E-state index in [9.17, 15) is 18.0 Å². The van der Waals surface area contributed by atoms with E-state index in [4.69, 9.17) is 5.26 Å². The average molecular weight is 244 g/mol.